The normalized spacial score (nSPS) is 11.5. The van der Waals surface area contributed by atoms with Crippen LogP contribution < -0.4 is 4.74 Å². The highest BCUT2D eigenvalue weighted by molar-refractivity contribution is 7.98. The smallest absolute Gasteiger partial charge is 0.411 e. The molecule has 4 nitrogen and oxygen atoms in total. The van der Waals surface area contributed by atoms with E-state index in [1.807, 2.05) is 30.3 Å². The molecule has 0 N–H and O–H groups in total. The molecular formula is C16H11F3N2O2S. The van der Waals surface area contributed by atoms with E-state index in [0.717, 1.165) is 17.3 Å². The van der Waals surface area contributed by atoms with Crippen LogP contribution in [0.1, 0.15) is 5.56 Å². The Hall–Kier alpha value is -2.48. The summed E-state index contributed by atoms with van der Waals surface area (Å²) < 4.78 is 46.7. The predicted molar refractivity (Wildman–Crippen MR) is 82.4 cm³/mol. The fraction of sp³-hybridized carbons (Fsp3) is 0.125. The minimum absolute atomic E-state index is 0.211. The number of benzene rings is 2. The first kappa shape index (κ1) is 16.4. The van der Waals surface area contributed by atoms with Gasteiger partial charge in [-0.15, -0.1) is 23.4 Å². The molecule has 0 radical (unpaired) electrons. The Morgan fingerprint density at radius 3 is 2.42 bits per heavy atom. The van der Waals surface area contributed by atoms with Gasteiger partial charge in [0.05, 0.1) is 0 Å². The van der Waals surface area contributed by atoms with Crippen molar-refractivity contribution >= 4 is 11.8 Å². The van der Waals surface area contributed by atoms with Gasteiger partial charge in [-0.05, 0) is 18.2 Å². The molecule has 0 spiro atoms. The average molecular weight is 352 g/mol. The van der Waals surface area contributed by atoms with Crippen LogP contribution in [0.2, 0.25) is 0 Å². The van der Waals surface area contributed by atoms with Gasteiger partial charge in [0.15, 0.2) is 0 Å². The Kier molecular flexibility index (Phi) is 4.75. The number of aromatic nitrogens is 2. The van der Waals surface area contributed by atoms with Crippen molar-refractivity contribution < 1.29 is 22.3 Å². The van der Waals surface area contributed by atoms with E-state index in [9.17, 15) is 13.2 Å². The van der Waals surface area contributed by atoms with Gasteiger partial charge < -0.3 is 9.15 Å². The molecule has 1 heterocycles. The van der Waals surface area contributed by atoms with Gasteiger partial charge in [0.25, 0.3) is 5.22 Å². The van der Waals surface area contributed by atoms with E-state index in [1.54, 1.807) is 12.1 Å². The summed E-state index contributed by atoms with van der Waals surface area (Å²) >= 11 is 1.14. The zero-order valence-electron chi connectivity index (χ0n) is 12.2. The van der Waals surface area contributed by atoms with Crippen molar-refractivity contribution in [1.82, 2.24) is 10.2 Å². The second-order valence-electron chi connectivity index (χ2n) is 4.68. The Morgan fingerprint density at radius 2 is 1.67 bits per heavy atom. The topological polar surface area (TPSA) is 48.2 Å². The number of alkyl halides is 3. The van der Waals surface area contributed by atoms with Crippen LogP contribution in [0.3, 0.4) is 0 Å². The first-order chi connectivity index (χ1) is 11.5. The van der Waals surface area contributed by atoms with Gasteiger partial charge in [0.1, 0.15) is 5.75 Å². The van der Waals surface area contributed by atoms with Crippen molar-refractivity contribution in [2.24, 2.45) is 0 Å². The van der Waals surface area contributed by atoms with Crippen molar-refractivity contribution in [3.63, 3.8) is 0 Å². The van der Waals surface area contributed by atoms with Gasteiger partial charge >= 0.3 is 6.36 Å². The maximum Gasteiger partial charge on any atom is 0.573 e. The molecule has 0 bridgehead atoms. The van der Waals surface area contributed by atoms with Crippen LogP contribution in [0.5, 0.6) is 5.75 Å². The Labute approximate surface area is 139 Å². The van der Waals surface area contributed by atoms with E-state index >= 15 is 0 Å². The molecular weight excluding hydrogens is 341 g/mol. The minimum atomic E-state index is -4.73. The van der Waals surface area contributed by atoms with Gasteiger partial charge in [0, 0.05) is 16.9 Å². The van der Waals surface area contributed by atoms with Crippen molar-refractivity contribution in [3.8, 4) is 17.2 Å². The number of nitrogens with zero attached hydrogens (tertiary/aromatic N) is 2. The monoisotopic (exact) mass is 352 g/mol. The molecule has 0 fully saturated rings. The lowest BCUT2D eigenvalue weighted by molar-refractivity contribution is -0.274. The molecule has 0 aliphatic heterocycles. The lowest BCUT2D eigenvalue weighted by Crippen LogP contribution is -2.18. The molecule has 0 aliphatic rings. The summed E-state index contributed by atoms with van der Waals surface area (Å²) in [6.45, 7) is 0. The molecule has 8 heteroatoms. The quantitative estimate of drug-likeness (QED) is 0.610. The fourth-order valence-corrected chi connectivity index (χ4v) is 2.71. The largest absolute Gasteiger partial charge is 0.573 e. The standard InChI is InChI=1S/C16H11F3N2O2S/c17-16(18,19)23-13-9-5-4-8-12(13)10-24-15-21-20-14(22-15)11-6-2-1-3-7-11/h1-9H,10H2. The molecule has 0 saturated carbocycles. The van der Waals surface area contributed by atoms with E-state index in [0.29, 0.717) is 11.5 Å². The van der Waals surface area contributed by atoms with Gasteiger partial charge in [-0.1, -0.05) is 48.2 Å². The molecule has 3 aromatic rings. The third kappa shape index (κ3) is 4.29. The second-order valence-corrected chi connectivity index (χ2v) is 5.61. The predicted octanol–water partition coefficient (Wildman–Crippen LogP) is 4.93. The summed E-state index contributed by atoms with van der Waals surface area (Å²) in [4.78, 5) is 0. The van der Waals surface area contributed by atoms with Crippen LogP contribution in [0.15, 0.2) is 64.2 Å². The summed E-state index contributed by atoms with van der Waals surface area (Å²) in [5, 5.41) is 8.10. The average Bonchev–Trinajstić information content (AvgIpc) is 3.02. The van der Waals surface area contributed by atoms with Crippen molar-refractivity contribution in [1.29, 1.82) is 0 Å². The molecule has 3 rings (SSSR count). The molecule has 2 aromatic carbocycles. The number of halogens is 3. The Bertz CT molecular complexity index is 806. The number of para-hydroxylation sites is 1. The summed E-state index contributed by atoms with van der Waals surface area (Å²) in [6, 6.07) is 15.2. The molecule has 0 unspecified atom stereocenters. The minimum Gasteiger partial charge on any atom is -0.411 e. The van der Waals surface area contributed by atoms with Crippen molar-refractivity contribution in [2.45, 2.75) is 17.3 Å². The zero-order chi connectivity index (χ0) is 17.0. The van der Waals surface area contributed by atoms with E-state index < -0.39 is 6.36 Å². The number of ether oxygens (including phenoxy) is 1. The van der Waals surface area contributed by atoms with E-state index in [-0.39, 0.29) is 16.7 Å². The third-order valence-corrected chi connectivity index (χ3v) is 3.84. The van der Waals surface area contributed by atoms with Crippen LogP contribution in [0.4, 0.5) is 13.2 Å². The van der Waals surface area contributed by atoms with Crippen molar-refractivity contribution in [3.05, 3.63) is 60.2 Å². The molecule has 0 aliphatic carbocycles. The van der Waals surface area contributed by atoms with Crippen LogP contribution in [-0.2, 0) is 5.75 Å². The summed E-state index contributed by atoms with van der Waals surface area (Å²) in [5.41, 5.74) is 1.16. The van der Waals surface area contributed by atoms with E-state index in [1.165, 1.54) is 12.1 Å². The van der Waals surface area contributed by atoms with Crippen LogP contribution in [0, 0.1) is 0 Å². The van der Waals surface area contributed by atoms with Crippen molar-refractivity contribution in [2.75, 3.05) is 0 Å². The molecule has 0 amide bonds. The maximum atomic E-state index is 12.4. The lowest BCUT2D eigenvalue weighted by Gasteiger charge is -2.12. The number of thioether (sulfide) groups is 1. The number of hydrogen-bond acceptors (Lipinski definition) is 5. The van der Waals surface area contributed by atoms with Crippen LogP contribution in [-0.4, -0.2) is 16.6 Å². The number of rotatable bonds is 5. The molecule has 24 heavy (non-hydrogen) atoms. The fourth-order valence-electron chi connectivity index (χ4n) is 1.95. The Balaban J connectivity index is 1.70. The lowest BCUT2D eigenvalue weighted by atomic mass is 10.2. The summed E-state index contributed by atoms with van der Waals surface area (Å²) in [5.74, 6) is 0.334. The van der Waals surface area contributed by atoms with E-state index in [4.69, 9.17) is 4.42 Å². The van der Waals surface area contributed by atoms with Gasteiger partial charge in [-0.3, -0.25) is 0 Å². The first-order valence-electron chi connectivity index (χ1n) is 6.87. The molecule has 124 valence electrons. The summed E-state index contributed by atoms with van der Waals surface area (Å²) in [6.07, 6.45) is -4.73. The highest BCUT2D eigenvalue weighted by Gasteiger charge is 2.32. The first-order valence-corrected chi connectivity index (χ1v) is 7.85. The molecule has 1 aromatic heterocycles. The zero-order valence-corrected chi connectivity index (χ0v) is 13.0. The summed E-state index contributed by atoms with van der Waals surface area (Å²) in [7, 11) is 0. The molecule has 0 atom stereocenters. The highest BCUT2D eigenvalue weighted by atomic mass is 32.2. The number of hydrogen-bond donors (Lipinski definition) is 0. The van der Waals surface area contributed by atoms with Gasteiger partial charge in [0.2, 0.25) is 5.89 Å². The van der Waals surface area contributed by atoms with E-state index in [2.05, 4.69) is 14.9 Å². The Morgan fingerprint density at radius 1 is 0.958 bits per heavy atom. The van der Waals surface area contributed by atoms with Gasteiger partial charge in [-0.2, -0.15) is 0 Å². The molecule has 0 saturated heterocycles. The van der Waals surface area contributed by atoms with Crippen LogP contribution in [0.25, 0.3) is 11.5 Å². The van der Waals surface area contributed by atoms with Crippen LogP contribution >= 0.6 is 11.8 Å². The van der Waals surface area contributed by atoms with Gasteiger partial charge in [-0.25, -0.2) is 0 Å². The SMILES string of the molecule is FC(F)(F)Oc1ccccc1CSc1nnc(-c2ccccc2)o1. The second kappa shape index (κ2) is 6.96. The maximum absolute atomic E-state index is 12.4. The highest BCUT2D eigenvalue weighted by Crippen LogP contribution is 2.31. The third-order valence-electron chi connectivity index (χ3n) is 2.98.